The fourth-order valence-electron chi connectivity index (χ4n) is 1.73. The highest BCUT2D eigenvalue weighted by molar-refractivity contribution is 7.99. The summed E-state index contributed by atoms with van der Waals surface area (Å²) in [6.07, 6.45) is 0. The van der Waals surface area contributed by atoms with Gasteiger partial charge >= 0.3 is 0 Å². The number of hydrogen-bond donors (Lipinski definition) is 2. The van der Waals surface area contributed by atoms with Crippen LogP contribution in [0, 0.1) is 0 Å². The number of thioether (sulfide) groups is 1. The van der Waals surface area contributed by atoms with E-state index in [4.69, 9.17) is 11.6 Å². The molecule has 5 heteroatoms. The van der Waals surface area contributed by atoms with Gasteiger partial charge in [-0.25, -0.2) is 0 Å². The third-order valence-electron chi connectivity index (χ3n) is 2.64. The van der Waals surface area contributed by atoms with Gasteiger partial charge in [-0.3, -0.25) is 4.79 Å². The molecule has 0 radical (unpaired) electrons. The number of anilines is 1. The van der Waals surface area contributed by atoms with E-state index in [9.17, 15) is 9.90 Å². The first-order valence-corrected chi connectivity index (χ1v) is 7.50. The fraction of sp³-hybridized carbons (Fsp3) is 0.133. The van der Waals surface area contributed by atoms with E-state index in [0.717, 1.165) is 10.6 Å². The second kappa shape index (κ2) is 6.68. The van der Waals surface area contributed by atoms with Crippen molar-refractivity contribution in [3.8, 4) is 5.75 Å². The topological polar surface area (TPSA) is 49.3 Å². The van der Waals surface area contributed by atoms with Crippen LogP contribution in [0.4, 0.5) is 5.69 Å². The van der Waals surface area contributed by atoms with Crippen LogP contribution >= 0.6 is 23.4 Å². The lowest BCUT2D eigenvalue weighted by molar-refractivity contribution is 0.102. The average molecular weight is 308 g/mol. The first-order valence-electron chi connectivity index (χ1n) is 6.13. The van der Waals surface area contributed by atoms with Gasteiger partial charge in [-0.2, -0.15) is 0 Å². The third kappa shape index (κ3) is 3.46. The Bertz CT molecular complexity index is 631. The molecule has 3 nitrogen and oxygen atoms in total. The Balaban J connectivity index is 2.26. The SMILES string of the molecule is CCSc1ccccc1C(=O)Nc1cc(Cl)ccc1O. The molecule has 0 heterocycles. The molecule has 2 N–H and O–H groups in total. The molecule has 2 aromatic carbocycles. The molecule has 0 aliphatic heterocycles. The fourth-order valence-corrected chi connectivity index (χ4v) is 2.71. The number of phenols is 1. The summed E-state index contributed by atoms with van der Waals surface area (Å²) in [6.45, 7) is 2.03. The molecular weight excluding hydrogens is 294 g/mol. The summed E-state index contributed by atoms with van der Waals surface area (Å²) in [7, 11) is 0. The van der Waals surface area contributed by atoms with Crippen molar-refractivity contribution in [1.29, 1.82) is 0 Å². The normalized spacial score (nSPS) is 10.3. The molecule has 0 aliphatic carbocycles. The minimum atomic E-state index is -0.265. The van der Waals surface area contributed by atoms with E-state index in [1.165, 1.54) is 12.1 Å². The zero-order valence-electron chi connectivity index (χ0n) is 10.9. The zero-order valence-corrected chi connectivity index (χ0v) is 12.5. The molecule has 0 saturated carbocycles. The van der Waals surface area contributed by atoms with E-state index in [0.29, 0.717) is 16.3 Å². The molecule has 0 fully saturated rings. The molecule has 2 aromatic rings. The summed E-state index contributed by atoms with van der Waals surface area (Å²) >= 11 is 7.46. The molecule has 0 bridgehead atoms. The van der Waals surface area contributed by atoms with Gasteiger partial charge < -0.3 is 10.4 Å². The Kier molecular flexibility index (Phi) is 4.93. The van der Waals surface area contributed by atoms with Crippen LogP contribution in [0.1, 0.15) is 17.3 Å². The number of phenolic OH excluding ortho intramolecular Hbond substituents is 1. The molecule has 2 rings (SSSR count). The number of benzene rings is 2. The maximum Gasteiger partial charge on any atom is 0.256 e. The summed E-state index contributed by atoms with van der Waals surface area (Å²) in [4.78, 5) is 13.2. The lowest BCUT2D eigenvalue weighted by atomic mass is 10.2. The van der Waals surface area contributed by atoms with Crippen molar-refractivity contribution in [3.05, 3.63) is 53.1 Å². The van der Waals surface area contributed by atoms with Gasteiger partial charge in [-0.05, 0) is 36.1 Å². The Morgan fingerprint density at radius 2 is 2.05 bits per heavy atom. The first-order chi connectivity index (χ1) is 9.61. The lowest BCUT2D eigenvalue weighted by Crippen LogP contribution is -2.13. The maximum atomic E-state index is 12.3. The molecule has 20 heavy (non-hydrogen) atoms. The minimum absolute atomic E-state index is 0.0108. The summed E-state index contributed by atoms with van der Waals surface area (Å²) in [5, 5.41) is 12.9. The van der Waals surface area contributed by atoms with Gasteiger partial charge in [0.05, 0.1) is 11.3 Å². The van der Waals surface area contributed by atoms with Crippen LogP contribution in [0.25, 0.3) is 0 Å². The summed E-state index contributed by atoms with van der Waals surface area (Å²) < 4.78 is 0. The monoisotopic (exact) mass is 307 g/mol. The second-order valence-electron chi connectivity index (χ2n) is 4.04. The van der Waals surface area contributed by atoms with Crippen LogP contribution in [-0.2, 0) is 0 Å². The van der Waals surface area contributed by atoms with E-state index in [2.05, 4.69) is 5.32 Å². The molecule has 0 saturated heterocycles. The predicted octanol–water partition coefficient (Wildman–Crippen LogP) is 4.41. The highest BCUT2D eigenvalue weighted by Crippen LogP contribution is 2.28. The second-order valence-corrected chi connectivity index (χ2v) is 5.79. The van der Waals surface area contributed by atoms with Crippen LogP contribution < -0.4 is 5.32 Å². The minimum Gasteiger partial charge on any atom is -0.506 e. The van der Waals surface area contributed by atoms with Gasteiger partial charge in [0.15, 0.2) is 0 Å². The quantitative estimate of drug-likeness (QED) is 0.650. The number of carbonyl (C=O) groups is 1. The molecule has 0 spiro atoms. The van der Waals surface area contributed by atoms with Crippen molar-refractivity contribution in [2.24, 2.45) is 0 Å². The molecule has 0 unspecified atom stereocenters. The van der Waals surface area contributed by atoms with Gasteiger partial charge in [0.2, 0.25) is 0 Å². The van der Waals surface area contributed by atoms with Crippen molar-refractivity contribution >= 4 is 35.0 Å². The largest absolute Gasteiger partial charge is 0.506 e. The van der Waals surface area contributed by atoms with Crippen molar-refractivity contribution in [1.82, 2.24) is 0 Å². The number of aromatic hydroxyl groups is 1. The van der Waals surface area contributed by atoms with Crippen molar-refractivity contribution in [3.63, 3.8) is 0 Å². The van der Waals surface area contributed by atoms with Crippen LogP contribution in [-0.4, -0.2) is 16.8 Å². The van der Waals surface area contributed by atoms with E-state index in [1.54, 1.807) is 23.9 Å². The Morgan fingerprint density at radius 1 is 1.30 bits per heavy atom. The summed E-state index contributed by atoms with van der Waals surface area (Å²) in [5.41, 5.74) is 0.887. The zero-order chi connectivity index (χ0) is 14.5. The number of amides is 1. The highest BCUT2D eigenvalue weighted by Gasteiger charge is 2.13. The molecule has 0 atom stereocenters. The van der Waals surface area contributed by atoms with E-state index in [-0.39, 0.29) is 11.7 Å². The lowest BCUT2D eigenvalue weighted by Gasteiger charge is -2.10. The molecule has 1 amide bonds. The molecule has 0 aromatic heterocycles. The van der Waals surface area contributed by atoms with Crippen LogP contribution in [0.2, 0.25) is 5.02 Å². The molecular formula is C15H14ClNO2S. The van der Waals surface area contributed by atoms with Gasteiger partial charge in [-0.15, -0.1) is 11.8 Å². The summed E-state index contributed by atoms with van der Waals surface area (Å²) in [6, 6.07) is 11.9. The molecule has 104 valence electrons. The average Bonchev–Trinajstić information content (AvgIpc) is 2.44. The molecule has 0 aliphatic rings. The van der Waals surface area contributed by atoms with Crippen molar-refractivity contribution in [2.45, 2.75) is 11.8 Å². The predicted molar refractivity (Wildman–Crippen MR) is 83.9 cm³/mol. The standard InChI is InChI=1S/C15H14ClNO2S/c1-2-20-14-6-4-3-5-11(14)15(19)17-12-9-10(16)7-8-13(12)18/h3-9,18H,2H2,1H3,(H,17,19). The van der Waals surface area contributed by atoms with Gasteiger partial charge in [0.25, 0.3) is 5.91 Å². The Hall–Kier alpha value is -1.65. The Morgan fingerprint density at radius 3 is 2.80 bits per heavy atom. The number of nitrogens with one attached hydrogen (secondary N) is 1. The highest BCUT2D eigenvalue weighted by atomic mass is 35.5. The van der Waals surface area contributed by atoms with Crippen LogP contribution in [0.15, 0.2) is 47.4 Å². The first kappa shape index (κ1) is 14.8. The third-order valence-corrected chi connectivity index (χ3v) is 3.83. The van der Waals surface area contributed by atoms with E-state index < -0.39 is 0 Å². The van der Waals surface area contributed by atoms with Crippen molar-refractivity contribution in [2.75, 3.05) is 11.1 Å². The smallest absolute Gasteiger partial charge is 0.256 e. The number of carbonyl (C=O) groups excluding carboxylic acids is 1. The summed E-state index contributed by atoms with van der Waals surface area (Å²) in [5.74, 6) is 0.606. The number of halogens is 1. The van der Waals surface area contributed by atoms with E-state index in [1.807, 2.05) is 25.1 Å². The van der Waals surface area contributed by atoms with Gasteiger partial charge in [0.1, 0.15) is 5.75 Å². The Labute approximate surface area is 127 Å². The number of hydrogen-bond acceptors (Lipinski definition) is 3. The van der Waals surface area contributed by atoms with Crippen molar-refractivity contribution < 1.29 is 9.90 Å². The number of rotatable bonds is 4. The maximum absolute atomic E-state index is 12.3. The van der Waals surface area contributed by atoms with Gasteiger partial charge in [-0.1, -0.05) is 30.7 Å². The van der Waals surface area contributed by atoms with E-state index >= 15 is 0 Å². The van der Waals surface area contributed by atoms with Gasteiger partial charge in [0, 0.05) is 9.92 Å². The van der Waals surface area contributed by atoms with Crippen LogP contribution in [0.3, 0.4) is 0 Å². The van der Waals surface area contributed by atoms with Crippen LogP contribution in [0.5, 0.6) is 5.75 Å².